The number of carboxylic acids is 1. The topological polar surface area (TPSA) is 75.6 Å². The van der Waals surface area contributed by atoms with Crippen molar-refractivity contribution in [1.29, 1.82) is 0 Å². The summed E-state index contributed by atoms with van der Waals surface area (Å²) < 4.78 is 6.06. The van der Waals surface area contributed by atoms with Gasteiger partial charge in [0.15, 0.2) is 0 Å². The summed E-state index contributed by atoms with van der Waals surface area (Å²) in [4.78, 5) is 24.9. The van der Waals surface area contributed by atoms with Gasteiger partial charge in [0.1, 0.15) is 12.4 Å². The van der Waals surface area contributed by atoms with Crippen LogP contribution < -0.4 is 10.1 Å². The highest BCUT2D eigenvalue weighted by molar-refractivity contribution is 5.96. The average Bonchev–Trinajstić information content (AvgIpc) is 2.79. The van der Waals surface area contributed by atoms with Crippen molar-refractivity contribution in [3.8, 4) is 5.75 Å². The van der Waals surface area contributed by atoms with Gasteiger partial charge in [-0.1, -0.05) is 78.6 Å². The number of benzene rings is 3. The molecule has 5 nitrogen and oxygen atoms in total. The van der Waals surface area contributed by atoms with Crippen molar-refractivity contribution in [3.05, 3.63) is 99.1 Å². The Hall–Kier alpha value is -3.60. The Morgan fingerprint density at radius 3 is 2.03 bits per heavy atom. The molecule has 3 aromatic carbocycles. The maximum absolute atomic E-state index is 13.6. The van der Waals surface area contributed by atoms with Crippen molar-refractivity contribution in [3.63, 3.8) is 0 Å². The second-order valence-electron chi connectivity index (χ2n) is 10.6. The SMILES string of the molecule is Cc1cc(C)cc(COc2ccc(CCC(=O)O)c(C(=O)NC(CC(C)C)c3cc(C)cc(C)c3)c2)c1. The first-order chi connectivity index (χ1) is 17.5. The van der Waals surface area contributed by atoms with E-state index in [9.17, 15) is 14.7 Å². The summed E-state index contributed by atoms with van der Waals surface area (Å²) in [6, 6.07) is 17.9. The highest BCUT2D eigenvalue weighted by atomic mass is 16.5. The van der Waals surface area contributed by atoms with Crippen molar-refractivity contribution in [2.75, 3.05) is 0 Å². The Labute approximate surface area is 220 Å². The van der Waals surface area contributed by atoms with Crippen LogP contribution in [0.2, 0.25) is 0 Å². The third kappa shape index (κ3) is 8.49. The summed E-state index contributed by atoms with van der Waals surface area (Å²) >= 11 is 0. The Bertz CT molecular complexity index is 1220. The highest BCUT2D eigenvalue weighted by Gasteiger charge is 2.21. The average molecular weight is 502 g/mol. The quantitative estimate of drug-likeness (QED) is 0.296. The smallest absolute Gasteiger partial charge is 0.303 e. The fourth-order valence-electron chi connectivity index (χ4n) is 4.83. The fourth-order valence-corrected chi connectivity index (χ4v) is 4.83. The Balaban J connectivity index is 1.89. The molecule has 0 radical (unpaired) electrons. The molecule has 0 fully saturated rings. The number of carbonyl (C=O) groups is 2. The van der Waals surface area contributed by atoms with Gasteiger partial charge in [-0.15, -0.1) is 0 Å². The molecule has 1 amide bonds. The number of amides is 1. The van der Waals surface area contributed by atoms with E-state index in [1.54, 1.807) is 6.07 Å². The summed E-state index contributed by atoms with van der Waals surface area (Å²) in [7, 11) is 0. The number of aliphatic carboxylic acids is 1. The number of rotatable bonds is 11. The maximum atomic E-state index is 13.6. The van der Waals surface area contributed by atoms with E-state index in [4.69, 9.17) is 4.74 Å². The predicted octanol–water partition coefficient (Wildman–Crippen LogP) is 7.03. The zero-order valence-corrected chi connectivity index (χ0v) is 22.9. The molecule has 0 saturated heterocycles. The lowest BCUT2D eigenvalue weighted by atomic mass is 9.93. The van der Waals surface area contributed by atoms with Crippen LogP contribution in [0.1, 0.15) is 82.0 Å². The molecule has 2 N–H and O–H groups in total. The van der Waals surface area contributed by atoms with Crippen LogP contribution in [-0.2, 0) is 17.8 Å². The standard InChI is InChI=1S/C32H39NO4/c1-20(2)11-30(27-16-23(5)13-24(6)17-27)33-32(36)29-18-28(9-7-26(29)8-10-31(34)35)37-19-25-14-21(3)12-22(4)15-25/h7,9,12-18,20,30H,8,10-11,19H2,1-6H3,(H,33,36)(H,34,35). The van der Waals surface area contributed by atoms with Gasteiger partial charge in [0.05, 0.1) is 6.04 Å². The first-order valence-corrected chi connectivity index (χ1v) is 12.9. The molecule has 0 heterocycles. The summed E-state index contributed by atoms with van der Waals surface area (Å²) in [5, 5.41) is 12.5. The van der Waals surface area contributed by atoms with Gasteiger partial charge < -0.3 is 15.2 Å². The number of hydrogen-bond donors (Lipinski definition) is 2. The van der Waals surface area contributed by atoms with Crippen LogP contribution >= 0.6 is 0 Å². The van der Waals surface area contributed by atoms with Crippen LogP contribution in [0.5, 0.6) is 5.75 Å². The molecule has 0 aliphatic heterocycles. The van der Waals surface area contributed by atoms with E-state index >= 15 is 0 Å². The minimum Gasteiger partial charge on any atom is -0.489 e. The van der Waals surface area contributed by atoms with Crippen molar-refractivity contribution >= 4 is 11.9 Å². The van der Waals surface area contributed by atoms with Gasteiger partial charge in [-0.05, 0) is 75.3 Å². The van der Waals surface area contributed by atoms with Gasteiger partial charge in [-0.3, -0.25) is 9.59 Å². The summed E-state index contributed by atoms with van der Waals surface area (Å²) in [6.45, 7) is 12.9. The first kappa shape index (κ1) is 28.0. The molecule has 1 unspecified atom stereocenters. The molecule has 5 heteroatoms. The molecule has 3 rings (SSSR count). The largest absolute Gasteiger partial charge is 0.489 e. The normalized spacial score (nSPS) is 11.9. The van der Waals surface area contributed by atoms with Crippen LogP contribution in [-0.4, -0.2) is 17.0 Å². The van der Waals surface area contributed by atoms with E-state index in [0.717, 1.165) is 28.7 Å². The van der Waals surface area contributed by atoms with Crippen molar-refractivity contribution in [2.24, 2.45) is 5.92 Å². The molecule has 0 bridgehead atoms. The second-order valence-corrected chi connectivity index (χ2v) is 10.6. The van der Waals surface area contributed by atoms with Gasteiger partial charge in [0, 0.05) is 12.0 Å². The van der Waals surface area contributed by atoms with Crippen LogP contribution in [0, 0.1) is 33.6 Å². The Morgan fingerprint density at radius 2 is 1.46 bits per heavy atom. The van der Waals surface area contributed by atoms with Gasteiger partial charge >= 0.3 is 5.97 Å². The predicted molar refractivity (Wildman–Crippen MR) is 148 cm³/mol. The van der Waals surface area contributed by atoms with E-state index in [1.165, 1.54) is 11.1 Å². The summed E-state index contributed by atoms with van der Waals surface area (Å²) in [5.74, 6) is -0.156. The lowest BCUT2D eigenvalue weighted by Gasteiger charge is -2.23. The van der Waals surface area contributed by atoms with E-state index in [-0.39, 0.29) is 24.8 Å². The van der Waals surface area contributed by atoms with Crippen molar-refractivity contribution in [1.82, 2.24) is 5.32 Å². The van der Waals surface area contributed by atoms with Gasteiger partial charge in [-0.25, -0.2) is 0 Å². The zero-order valence-electron chi connectivity index (χ0n) is 22.9. The van der Waals surface area contributed by atoms with E-state index < -0.39 is 5.97 Å². The minimum absolute atomic E-state index is 0.0461. The summed E-state index contributed by atoms with van der Waals surface area (Å²) in [6.07, 6.45) is 1.02. The van der Waals surface area contributed by atoms with Crippen LogP contribution in [0.3, 0.4) is 0 Å². The maximum Gasteiger partial charge on any atom is 0.303 e. The Kier molecular flexibility index (Phi) is 9.51. The van der Waals surface area contributed by atoms with Crippen LogP contribution in [0.25, 0.3) is 0 Å². The van der Waals surface area contributed by atoms with Crippen LogP contribution in [0.4, 0.5) is 0 Å². The number of ether oxygens (including phenoxy) is 1. The molecule has 0 aliphatic rings. The van der Waals surface area contributed by atoms with E-state index in [1.807, 2.05) is 12.1 Å². The molecular weight excluding hydrogens is 462 g/mol. The third-order valence-electron chi connectivity index (χ3n) is 6.28. The molecule has 3 aromatic rings. The molecule has 0 aliphatic carbocycles. The third-order valence-corrected chi connectivity index (χ3v) is 6.28. The number of nitrogens with one attached hydrogen (secondary N) is 1. The fraction of sp³-hybridized carbons (Fsp3) is 0.375. The number of carboxylic acid groups (broad SMARTS) is 1. The molecule has 196 valence electrons. The number of aryl methyl sites for hydroxylation is 5. The minimum atomic E-state index is -0.894. The number of hydrogen-bond acceptors (Lipinski definition) is 3. The molecule has 0 aromatic heterocycles. The second kappa shape index (κ2) is 12.6. The van der Waals surface area contributed by atoms with E-state index in [2.05, 4.69) is 83.3 Å². The molecule has 37 heavy (non-hydrogen) atoms. The lowest BCUT2D eigenvalue weighted by molar-refractivity contribution is -0.136. The van der Waals surface area contributed by atoms with Gasteiger partial charge in [-0.2, -0.15) is 0 Å². The molecule has 0 saturated carbocycles. The molecular formula is C32H39NO4. The number of carbonyl (C=O) groups excluding carboxylic acids is 1. The zero-order chi connectivity index (χ0) is 27.1. The first-order valence-electron chi connectivity index (χ1n) is 12.9. The van der Waals surface area contributed by atoms with Crippen LogP contribution in [0.15, 0.2) is 54.6 Å². The monoisotopic (exact) mass is 501 g/mol. The lowest BCUT2D eigenvalue weighted by Crippen LogP contribution is -2.30. The highest BCUT2D eigenvalue weighted by Crippen LogP contribution is 2.26. The summed E-state index contributed by atoms with van der Waals surface area (Å²) in [5.41, 5.74) is 7.94. The van der Waals surface area contributed by atoms with Gasteiger partial charge in [0.25, 0.3) is 5.91 Å². The van der Waals surface area contributed by atoms with Crippen molar-refractivity contribution in [2.45, 2.75) is 73.5 Å². The van der Waals surface area contributed by atoms with Crippen molar-refractivity contribution < 1.29 is 19.4 Å². The Morgan fingerprint density at radius 1 is 0.865 bits per heavy atom. The molecule has 1 atom stereocenters. The van der Waals surface area contributed by atoms with Gasteiger partial charge in [0.2, 0.25) is 0 Å². The molecule has 0 spiro atoms. The van der Waals surface area contributed by atoms with E-state index in [0.29, 0.717) is 29.4 Å².